The molecule has 118 valence electrons. The molecule has 1 aliphatic carbocycles. The lowest BCUT2D eigenvalue weighted by molar-refractivity contribution is -0.247. The minimum atomic E-state index is -4.41. The summed E-state index contributed by atoms with van der Waals surface area (Å²) in [6.07, 6.45) is -4.07. The van der Waals surface area contributed by atoms with Gasteiger partial charge < -0.3 is 0 Å². The molecule has 0 radical (unpaired) electrons. The molecule has 0 aromatic heterocycles. The van der Waals surface area contributed by atoms with E-state index < -0.39 is 28.2 Å². The summed E-state index contributed by atoms with van der Waals surface area (Å²) in [4.78, 5) is -0.136. The third-order valence-corrected chi connectivity index (χ3v) is 6.31. The molecule has 0 bridgehead atoms. The highest BCUT2D eigenvalue weighted by molar-refractivity contribution is 9.10. The van der Waals surface area contributed by atoms with Gasteiger partial charge in [-0.1, -0.05) is 18.0 Å². The number of nitrogens with one attached hydrogen (secondary N) is 1. The van der Waals surface area contributed by atoms with Gasteiger partial charge in [-0.05, 0) is 47.0 Å². The van der Waals surface area contributed by atoms with E-state index in [0.717, 1.165) is 0 Å². The molecule has 2 rings (SSSR count). The molecule has 1 saturated carbocycles. The minimum Gasteiger partial charge on any atom is -0.210 e. The van der Waals surface area contributed by atoms with Gasteiger partial charge in [0, 0.05) is 16.0 Å². The molecule has 0 saturated heterocycles. The Kier molecular flexibility index (Phi) is 4.64. The Balaban J connectivity index is 2.19. The highest BCUT2D eigenvalue weighted by Gasteiger charge is 2.58. The first kappa shape index (κ1) is 17.1. The molecule has 3 nitrogen and oxygen atoms in total. The predicted octanol–water partition coefficient (Wildman–Crippen LogP) is 4.11. The molecule has 0 atom stereocenters. The van der Waals surface area contributed by atoms with Crippen LogP contribution in [0.3, 0.4) is 0 Å². The Morgan fingerprint density at radius 1 is 1.33 bits per heavy atom. The Bertz CT molecular complexity index is 644. The summed E-state index contributed by atoms with van der Waals surface area (Å²) in [5.41, 5.74) is -1.95. The molecule has 1 aromatic carbocycles. The first-order chi connectivity index (χ1) is 9.57. The van der Waals surface area contributed by atoms with E-state index in [-0.39, 0.29) is 22.2 Å². The van der Waals surface area contributed by atoms with Gasteiger partial charge in [0.25, 0.3) is 0 Å². The number of rotatable bonds is 4. The van der Waals surface area contributed by atoms with Gasteiger partial charge in [-0.25, -0.2) is 13.1 Å². The largest absolute Gasteiger partial charge is 0.395 e. The van der Waals surface area contributed by atoms with Gasteiger partial charge in [-0.2, -0.15) is 13.2 Å². The average Bonchev–Trinajstić information content (AvgIpc) is 2.24. The van der Waals surface area contributed by atoms with Crippen LogP contribution in [0, 0.1) is 5.41 Å². The lowest BCUT2D eigenvalue weighted by atomic mass is 9.68. The first-order valence-corrected chi connectivity index (χ1v) is 8.74. The van der Waals surface area contributed by atoms with Gasteiger partial charge in [0.2, 0.25) is 10.0 Å². The maximum Gasteiger partial charge on any atom is 0.395 e. The van der Waals surface area contributed by atoms with E-state index >= 15 is 0 Å². The second-order valence-electron chi connectivity index (χ2n) is 5.03. The Morgan fingerprint density at radius 3 is 2.38 bits per heavy atom. The van der Waals surface area contributed by atoms with Crippen LogP contribution in [0.15, 0.2) is 27.6 Å². The maximum atomic E-state index is 13.0. The summed E-state index contributed by atoms with van der Waals surface area (Å²) in [5, 5.41) is 0.326. The Hall–Kier alpha value is -0.310. The molecule has 21 heavy (non-hydrogen) atoms. The molecular formula is C12H12BrClF3NO2S. The van der Waals surface area contributed by atoms with Gasteiger partial charge in [0.15, 0.2) is 0 Å². The highest BCUT2D eigenvalue weighted by Crippen LogP contribution is 2.52. The molecular weight excluding hydrogens is 395 g/mol. The summed E-state index contributed by atoms with van der Waals surface area (Å²) < 4.78 is 65.5. The van der Waals surface area contributed by atoms with E-state index in [9.17, 15) is 21.6 Å². The van der Waals surface area contributed by atoms with Crippen LogP contribution in [0.1, 0.15) is 19.3 Å². The Labute approximate surface area is 134 Å². The van der Waals surface area contributed by atoms with Crippen LogP contribution in [0.4, 0.5) is 13.2 Å². The quantitative estimate of drug-likeness (QED) is 0.818. The van der Waals surface area contributed by atoms with Crippen molar-refractivity contribution >= 4 is 37.6 Å². The van der Waals surface area contributed by atoms with Crippen LogP contribution in [0.25, 0.3) is 0 Å². The van der Waals surface area contributed by atoms with Crippen LogP contribution in [0.2, 0.25) is 5.02 Å². The number of hydrogen-bond donors (Lipinski definition) is 1. The highest BCUT2D eigenvalue weighted by atomic mass is 79.9. The van der Waals surface area contributed by atoms with Crippen molar-refractivity contribution in [1.29, 1.82) is 0 Å². The Morgan fingerprint density at radius 2 is 1.95 bits per heavy atom. The zero-order valence-corrected chi connectivity index (χ0v) is 13.8. The molecule has 0 unspecified atom stereocenters. The number of hydrogen-bond acceptors (Lipinski definition) is 2. The average molecular weight is 407 g/mol. The van der Waals surface area contributed by atoms with Crippen molar-refractivity contribution < 1.29 is 21.6 Å². The van der Waals surface area contributed by atoms with Crippen LogP contribution in [0.5, 0.6) is 0 Å². The van der Waals surface area contributed by atoms with E-state index in [1.165, 1.54) is 18.2 Å². The lowest BCUT2D eigenvalue weighted by Gasteiger charge is -2.43. The third-order valence-electron chi connectivity index (χ3n) is 3.70. The summed E-state index contributed by atoms with van der Waals surface area (Å²) >= 11 is 8.76. The standard InChI is InChI=1S/C12H12BrClF3NO2S/c13-9-6-8(14)2-3-10(9)21(19,20)18-7-11(4-1-5-11)12(15,16)17/h2-3,6,18H,1,4-5,7H2. The molecule has 0 aliphatic heterocycles. The zero-order valence-electron chi connectivity index (χ0n) is 10.7. The molecule has 0 spiro atoms. The van der Waals surface area contributed by atoms with E-state index in [2.05, 4.69) is 20.7 Å². The van der Waals surface area contributed by atoms with Crippen LogP contribution >= 0.6 is 27.5 Å². The normalized spacial score (nSPS) is 18.3. The monoisotopic (exact) mass is 405 g/mol. The summed E-state index contributed by atoms with van der Waals surface area (Å²) in [6, 6.07) is 3.98. The molecule has 1 fully saturated rings. The zero-order chi connectivity index (χ0) is 15.9. The van der Waals surface area contributed by atoms with Crippen LogP contribution in [-0.4, -0.2) is 21.1 Å². The predicted molar refractivity (Wildman–Crippen MR) is 76.7 cm³/mol. The van der Waals surface area contributed by atoms with E-state index in [1.54, 1.807) is 0 Å². The number of benzene rings is 1. The van der Waals surface area contributed by atoms with Gasteiger partial charge in [0.1, 0.15) is 0 Å². The molecule has 1 aliphatic rings. The number of sulfonamides is 1. The molecule has 9 heteroatoms. The number of halogens is 5. The minimum absolute atomic E-state index is 0.0548. The molecule has 1 aromatic rings. The summed E-state index contributed by atoms with van der Waals surface area (Å²) in [5.74, 6) is 0. The van der Waals surface area contributed by atoms with Crippen molar-refractivity contribution in [3.05, 3.63) is 27.7 Å². The summed E-state index contributed by atoms with van der Waals surface area (Å²) in [6.45, 7) is -0.645. The van der Waals surface area contributed by atoms with Crippen LogP contribution < -0.4 is 4.72 Å². The van der Waals surface area contributed by atoms with Gasteiger partial charge >= 0.3 is 6.18 Å². The smallest absolute Gasteiger partial charge is 0.210 e. The van der Waals surface area contributed by atoms with Crippen molar-refractivity contribution in [3.63, 3.8) is 0 Å². The fourth-order valence-corrected chi connectivity index (χ4v) is 4.67. The fourth-order valence-electron chi connectivity index (χ4n) is 2.17. The van der Waals surface area contributed by atoms with Crippen molar-refractivity contribution in [2.75, 3.05) is 6.54 Å². The second kappa shape index (κ2) is 5.72. The second-order valence-corrected chi connectivity index (χ2v) is 8.06. The van der Waals surface area contributed by atoms with Gasteiger partial charge in [0.05, 0.1) is 10.3 Å². The van der Waals surface area contributed by atoms with Crippen LogP contribution in [-0.2, 0) is 10.0 Å². The SMILES string of the molecule is O=S(=O)(NCC1(C(F)(F)F)CCC1)c1ccc(Cl)cc1Br. The van der Waals surface area contributed by atoms with E-state index in [1.807, 2.05) is 0 Å². The van der Waals surface area contributed by atoms with Gasteiger partial charge in [-0.15, -0.1) is 0 Å². The van der Waals surface area contributed by atoms with Crippen molar-refractivity contribution in [1.82, 2.24) is 4.72 Å². The van der Waals surface area contributed by atoms with E-state index in [4.69, 9.17) is 11.6 Å². The third kappa shape index (κ3) is 3.38. The number of alkyl halides is 3. The lowest BCUT2D eigenvalue weighted by Crippen LogP contribution is -2.51. The van der Waals surface area contributed by atoms with Crippen molar-refractivity contribution in [3.8, 4) is 0 Å². The maximum absolute atomic E-state index is 13.0. The fraction of sp³-hybridized carbons (Fsp3) is 0.500. The molecule has 0 heterocycles. The van der Waals surface area contributed by atoms with Gasteiger partial charge in [-0.3, -0.25) is 0 Å². The van der Waals surface area contributed by atoms with Crippen molar-refractivity contribution in [2.45, 2.75) is 30.3 Å². The first-order valence-electron chi connectivity index (χ1n) is 6.09. The van der Waals surface area contributed by atoms with Crippen molar-refractivity contribution in [2.24, 2.45) is 5.41 Å². The van der Waals surface area contributed by atoms with E-state index in [0.29, 0.717) is 11.4 Å². The topological polar surface area (TPSA) is 46.2 Å². The molecule has 0 amide bonds. The summed E-state index contributed by atoms with van der Waals surface area (Å²) in [7, 11) is -4.03. The molecule has 1 N–H and O–H groups in total.